The van der Waals surface area contributed by atoms with Crippen LogP contribution in [0.25, 0.3) is 0 Å². The number of nitrogens with zero attached hydrogens (tertiary/aromatic N) is 1. The molecule has 1 fully saturated rings. The molecule has 2 rings (SSSR count). The number of ether oxygens (including phenoxy) is 1. The number of likely N-dealkylation sites (tertiary alicyclic amines) is 1. The number of methoxy groups -OCH3 is 1. The largest absolute Gasteiger partial charge is 0.467 e. The van der Waals surface area contributed by atoms with E-state index in [0.29, 0.717) is 12.8 Å². The van der Waals surface area contributed by atoms with E-state index < -0.39 is 35.1 Å². The molecule has 1 aromatic rings. The van der Waals surface area contributed by atoms with E-state index >= 15 is 0 Å². The fourth-order valence-corrected chi connectivity index (χ4v) is 2.68. The first-order chi connectivity index (χ1) is 9.45. The van der Waals surface area contributed by atoms with Gasteiger partial charge in [-0.1, -0.05) is 15.9 Å². The van der Waals surface area contributed by atoms with E-state index in [-0.39, 0.29) is 11.0 Å². The molecule has 0 spiro atoms. The monoisotopic (exact) mass is 347 g/mol. The van der Waals surface area contributed by atoms with Gasteiger partial charge in [-0.25, -0.2) is 13.6 Å². The first-order valence-corrected chi connectivity index (χ1v) is 6.78. The van der Waals surface area contributed by atoms with Crippen molar-refractivity contribution in [1.29, 1.82) is 0 Å². The molecule has 1 aromatic carbocycles. The van der Waals surface area contributed by atoms with Crippen molar-refractivity contribution in [2.45, 2.75) is 18.9 Å². The summed E-state index contributed by atoms with van der Waals surface area (Å²) in [4.78, 5) is 25.0. The van der Waals surface area contributed by atoms with Gasteiger partial charge in [0.15, 0.2) is 0 Å². The topological polar surface area (TPSA) is 46.6 Å². The van der Waals surface area contributed by atoms with Crippen LogP contribution in [0.5, 0.6) is 0 Å². The summed E-state index contributed by atoms with van der Waals surface area (Å²) in [7, 11) is 1.21. The quantitative estimate of drug-likeness (QED) is 0.772. The number of hydrogen-bond donors (Lipinski definition) is 0. The van der Waals surface area contributed by atoms with Crippen LogP contribution < -0.4 is 0 Å². The minimum absolute atomic E-state index is 0.204. The molecule has 20 heavy (non-hydrogen) atoms. The molecule has 1 atom stereocenters. The molecular weight excluding hydrogens is 336 g/mol. The third-order valence-corrected chi connectivity index (χ3v) is 3.67. The van der Waals surface area contributed by atoms with E-state index in [9.17, 15) is 18.4 Å². The van der Waals surface area contributed by atoms with Crippen molar-refractivity contribution in [2.75, 3.05) is 13.7 Å². The molecule has 1 unspecified atom stereocenters. The average Bonchev–Trinajstić information content (AvgIpc) is 2.85. The van der Waals surface area contributed by atoms with E-state index in [4.69, 9.17) is 0 Å². The van der Waals surface area contributed by atoms with Crippen molar-refractivity contribution in [3.05, 3.63) is 33.8 Å². The third kappa shape index (κ3) is 2.67. The van der Waals surface area contributed by atoms with Crippen LogP contribution in [0, 0.1) is 11.6 Å². The summed E-state index contributed by atoms with van der Waals surface area (Å²) in [5.74, 6) is -3.33. The number of esters is 1. The molecule has 1 aliphatic heterocycles. The molecule has 1 heterocycles. The van der Waals surface area contributed by atoms with Gasteiger partial charge < -0.3 is 9.64 Å². The second-order valence-electron chi connectivity index (χ2n) is 4.42. The number of carbonyl (C=O) groups excluding carboxylic acids is 2. The van der Waals surface area contributed by atoms with Crippen molar-refractivity contribution >= 4 is 27.8 Å². The Labute approximate surface area is 122 Å². The van der Waals surface area contributed by atoms with Crippen LogP contribution in [0.1, 0.15) is 23.2 Å². The Morgan fingerprint density at radius 1 is 1.35 bits per heavy atom. The van der Waals surface area contributed by atoms with Gasteiger partial charge >= 0.3 is 5.97 Å². The van der Waals surface area contributed by atoms with Crippen LogP contribution in [-0.2, 0) is 9.53 Å². The summed E-state index contributed by atoms with van der Waals surface area (Å²) in [5.41, 5.74) is -0.649. The second kappa shape index (κ2) is 5.87. The lowest BCUT2D eigenvalue weighted by Gasteiger charge is -2.23. The summed E-state index contributed by atoms with van der Waals surface area (Å²) in [6, 6.07) is 1.24. The Morgan fingerprint density at radius 2 is 1.95 bits per heavy atom. The Bertz CT molecular complexity index is 542. The van der Waals surface area contributed by atoms with Gasteiger partial charge in [0.1, 0.15) is 23.2 Å². The highest BCUT2D eigenvalue weighted by atomic mass is 79.9. The van der Waals surface area contributed by atoms with E-state index in [1.807, 2.05) is 0 Å². The zero-order valence-electron chi connectivity index (χ0n) is 10.7. The van der Waals surface area contributed by atoms with Crippen LogP contribution >= 0.6 is 15.9 Å². The number of hydrogen-bond acceptors (Lipinski definition) is 3. The van der Waals surface area contributed by atoms with Gasteiger partial charge in [-0.15, -0.1) is 0 Å². The number of benzene rings is 1. The molecule has 108 valence electrons. The molecule has 0 saturated carbocycles. The summed E-state index contributed by atoms with van der Waals surface area (Å²) < 4.78 is 32.4. The first kappa shape index (κ1) is 14.9. The summed E-state index contributed by atoms with van der Waals surface area (Å²) in [6.45, 7) is 0.271. The van der Waals surface area contributed by atoms with Crippen LogP contribution in [0.4, 0.5) is 8.78 Å². The van der Waals surface area contributed by atoms with E-state index in [1.54, 1.807) is 0 Å². The van der Waals surface area contributed by atoms with Crippen LogP contribution in [-0.4, -0.2) is 36.5 Å². The normalized spacial score (nSPS) is 18.2. The van der Waals surface area contributed by atoms with Crippen LogP contribution in [0.2, 0.25) is 0 Å². The molecule has 0 aromatic heterocycles. The maximum atomic E-state index is 13.8. The van der Waals surface area contributed by atoms with Crippen molar-refractivity contribution in [3.63, 3.8) is 0 Å². The molecule has 1 saturated heterocycles. The number of carbonyl (C=O) groups is 2. The predicted molar refractivity (Wildman–Crippen MR) is 70.1 cm³/mol. The number of amides is 1. The third-order valence-electron chi connectivity index (χ3n) is 3.21. The SMILES string of the molecule is COC(=O)C1CCCN1C(=O)c1c(F)cc(Br)cc1F. The van der Waals surface area contributed by atoms with Crippen molar-refractivity contribution in [1.82, 2.24) is 4.90 Å². The lowest BCUT2D eigenvalue weighted by Crippen LogP contribution is -2.41. The summed E-state index contributed by atoms with van der Waals surface area (Å²) in [6.07, 6.45) is 1.02. The molecule has 0 radical (unpaired) electrons. The molecule has 4 nitrogen and oxygen atoms in total. The molecule has 0 aliphatic carbocycles. The summed E-state index contributed by atoms with van der Waals surface area (Å²) >= 11 is 2.95. The Hall–Kier alpha value is -1.50. The van der Waals surface area contributed by atoms with E-state index in [0.717, 1.165) is 17.0 Å². The molecular formula is C13H12BrF2NO3. The first-order valence-electron chi connectivity index (χ1n) is 5.99. The van der Waals surface area contributed by atoms with Gasteiger partial charge in [0.05, 0.1) is 7.11 Å². The fourth-order valence-electron chi connectivity index (χ4n) is 2.28. The van der Waals surface area contributed by atoms with Gasteiger partial charge in [-0.2, -0.15) is 0 Å². The van der Waals surface area contributed by atoms with Gasteiger partial charge in [0, 0.05) is 11.0 Å². The maximum absolute atomic E-state index is 13.8. The van der Waals surface area contributed by atoms with Crippen molar-refractivity contribution < 1.29 is 23.1 Å². The highest BCUT2D eigenvalue weighted by Crippen LogP contribution is 2.25. The Kier molecular flexibility index (Phi) is 4.37. The molecule has 0 bridgehead atoms. The van der Waals surface area contributed by atoms with E-state index in [1.165, 1.54) is 7.11 Å². The second-order valence-corrected chi connectivity index (χ2v) is 5.34. The zero-order chi connectivity index (χ0) is 14.9. The van der Waals surface area contributed by atoms with Gasteiger partial charge in [0.2, 0.25) is 0 Å². The van der Waals surface area contributed by atoms with E-state index in [2.05, 4.69) is 20.7 Å². The van der Waals surface area contributed by atoms with Gasteiger partial charge in [-0.3, -0.25) is 4.79 Å². The number of halogens is 3. The average molecular weight is 348 g/mol. The highest BCUT2D eigenvalue weighted by molar-refractivity contribution is 9.10. The Morgan fingerprint density at radius 3 is 2.50 bits per heavy atom. The minimum Gasteiger partial charge on any atom is -0.467 e. The smallest absolute Gasteiger partial charge is 0.328 e. The molecule has 0 N–H and O–H groups in total. The predicted octanol–water partition coefficient (Wildman–Crippen LogP) is 2.50. The van der Waals surface area contributed by atoms with Crippen molar-refractivity contribution in [3.8, 4) is 0 Å². The molecule has 7 heteroatoms. The molecule has 1 aliphatic rings. The summed E-state index contributed by atoms with van der Waals surface area (Å²) in [5, 5.41) is 0. The maximum Gasteiger partial charge on any atom is 0.328 e. The van der Waals surface area contributed by atoms with Crippen LogP contribution in [0.3, 0.4) is 0 Å². The lowest BCUT2D eigenvalue weighted by molar-refractivity contribution is -0.145. The molecule has 1 amide bonds. The lowest BCUT2D eigenvalue weighted by atomic mass is 10.1. The van der Waals surface area contributed by atoms with Crippen molar-refractivity contribution in [2.24, 2.45) is 0 Å². The van der Waals surface area contributed by atoms with Crippen LogP contribution in [0.15, 0.2) is 16.6 Å². The minimum atomic E-state index is -0.961. The number of rotatable bonds is 2. The standard InChI is InChI=1S/C13H12BrF2NO3/c1-20-13(19)10-3-2-4-17(10)12(18)11-8(15)5-7(14)6-9(11)16/h5-6,10H,2-4H2,1H3. The van der Waals surface area contributed by atoms with Gasteiger partial charge in [-0.05, 0) is 25.0 Å². The fraction of sp³-hybridized carbons (Fsp3) is 0.385. The zero-order valence-corrected chi connectivity index (χ0v) is 12.2. The Balaban J connectivity index is 2.34. The highest BCUT2D eigenvalue weighted by Gasteiger charge is 2.37. The van der Waals surface area contributed by atoms with Gasteiger partial charge in [0.25, 0.3) is 5.91 Å².